The molecule has 0 unspecified atom stereocenters. The maximum Gasteiger partial charge on any atom is 0.229 e. The van der Waals surface area contributed by atoms with Gasteiger partial charge < -0.3 is 85.3 Å². The highest BCUT2D eigenvalue weighted by molar-refractivity contribution is 5.74. The Morgan fingerprint density at radius 1 is 0.367 bits per heavy atom. The van der Waals surface area contributed by atoms with Gasteiger partial charge in [0, 0.05) is 70.2 Å². The van der Waals surface area contributed by atoms with E-state index in [0.717, 1.165) is 0 Å². The van der Waals surface area contributed by atoms with Crippen molar-refractivity contribution in [2.75, 3.05) is 6.61 Å². The smallest absolute Gasteiger partial charge is 0.229 e. The summed E-state index contributed by atoms with van der Waals surface area (Å²) in [4.78, 5) is 0. The third-order valence-corrected chi connectivity index (χ3v) is 16.5. The molecule has 3 heterocycles. The van der Waals surface area contributed by atoms with E-state index < -0.39 is 85.0 Å². The Kier molecular flexibility index (Phi) is 11.8. The Labute approximate surface area is 450 Å². The minimum absolute atomic E-state index is 0.0123. The van der Waals surface area contributed by atoms with Crippen molar-refractivity contribution in [1.82, 2.24) is 0 Å². The summed E-state index contributed by atoms with van der Waals surface area (Å²) in [5, 5.41) is 145. The Hall–Kier alpha value is -8.84. The van der Waals surface area contributed by atoms with Crippen LogP contribution >= 0.6 is 0 Å². The maximum absolute atomic E-state index is 13.0. The molecule has 17 heteroatoms. The van der Waals surface area contributed by atoms with Crippen molar-refractivity contribution in [3.05, 3.63) is 212 Å². The van der Waals surface area contributed by atoms with Crippen LogP contribution in [-0.4, -0.2) is 104 Å². The Morgan fingerprint density at radius 2 is 0.873 bits per heavy atom. The lowest BCUT2D eigenvalue weighted by molar-refractivity contribution is -0.277. The zero-order chi connectivity index (χ0) is 54.9. The third-order valence-electron chi connectivity index (χ3n) is 16.5. The van der Waals surface area contributed by atoms with Crippen molar-refractivity contribution in [2.45, 2.75) is 78.4 Å². The molecule has 0 bridgehead atoms. The summed E-state index contributed by atoms with van der Waals surface area (Å²) in [5.74, 6) is -5.82. The largest absolute Gasteiger partial charge is 0.508 e. The van der Waals surface area contributed by atoms with E-state index in [1.807, 2.05) is 0 Å². The van der Waals surface area contributed by atoms with Crippen LogP contribution in [0.1, 0.15) is 114 Å². The van der Waals surface area contributed by atoms with Crippen molar-refractivity contribution in [3.8, 4) is 69.0 Å². The zero-order valence-corrected chi connectivity index (χ0v) is 41.5. The number of phenols is 9. The van der Waals surface area contributed by atoms with Crippen molar-refractivity contribution in [3.63, 3.8) is 0 Å². The van der Waals surface area contributed by atoms with Gasteiger partial charge in [-0.05, 0) is 117 Å². The lowest BCUT2D eigenvalue weighted by Gasteiger charge is -2.39. The summed E-state index contributed by atoms with van der Waals surface area (Å²) in [7, 11) is 0. The first-order chi connectivity index (χ1) is 38.0. The number of hydrogen-bond acceptors (Lipinski definition) is 17. The molecule has 8 aromatic carbocycles. The van der Waals surface area contributed by atoms with Crippen molar-refractivity contribution < 1.29 is 85.3 Å². The molecule has 0 amide bonds. The fourth-order valence-corrected chi connectivity index (χ4v) is 13.4. The molecule has 17 nitrogen and oxygen atoms in total. The molecular formula is C62H52O17. The first-order valence-electron chi connectivity index (χ1n) is 25.7. The van der Waals surface area contributed by atoms with Crippen molar-refractivity contribution >= 4 is 0 Å². The first kappa shape index (κ1) is 49.7. The molecule has 2 aliphatic carbocycles. The average molecular weight is 1070 g/mol. The monoisotopic (exact) mass is 1070 g/mol. The predicted molar refractivity (Wildman–Crippen MR) is 281 cm³/mol. The van der Waals surface area contributed by atoms with E-state index >= 15 is 0 Å². The number of phenolic OH excluding ortho intramolecular Hbond substituents is 9. The van der Waals surface area contributed by atoms with E-state index in [1.165, 1.54) is 48.5 Å². The highest BCUT2D eigenvalue weighted by Crippen LogP contribution is 2.72. The normalized spacial score (nSPS) is 27.0. The second-order valence-electron chi connectivity index (χ2n) is 21.0. The van der Waals surface area contributed by atoms with E-state index in [4.69, 9.17) is 18.9 Å². The summed E-state index contributed by atoms with van der Waals surface area (Å²) in [6, 6.07) is 37.8. The molecule has 0 aromatic heterocycles. The Morgan fingerprint density at radius 3 is 1.47 bits per heavy atom. The minimum Gasteiger partial charge on any atom is -0.508 e. The summed E-state index contributed by atoms with van der Waals surface area (Å²) >= 11 is 0. The van der Waals surface area contributed by atoms with Gasteiger partial charge in [-0.15, -0.1) is 0 Å². The second-order valence-corrected chi connectivity index (χ2v) is 21.0. The van der Waals surface area contributed by atoms with E-state index in [-0.39, 0.29) is 63.2 Å². The van der Waals surface area contributed by atoms with Crippen LogP contribution in [0.2, 0.25) is 0 Å². The van der Waals surface area contributed by atoms with Crippen LogP contribution in [0.4, 0.5) is 0 Å². The SMILES string of the molecule is OC[C@H]1O[C@@H](Oc2cc(O)cc([C@@H]3c4c(cc(O)cc4[C@H]4c5c(O)cc6c7c5[C@@H]([C@H](c5ccc(O)cc5)c5c(O)cc(O)cc5[C@H]7[C@H](c5ccc(O)cc5)O6)[C@@H]4c4ccc(O)cc4)O[C@H]3c3ccc(O)cc3)c2)[C@H](O)[C@@H](O)[C@@H]1O. The number of aromatic hydroxyl groups is 9. The molecule has 8 aromatic rings. The van der Waals surface area contributed by atoms with Gasteiger partial charge in [0.05, 0.1) is 18.4 Å². The molecule has 13 rings (SSSR count). The maximum atomic E-state index is 13.0. The van der Waals surface area contributed by atoms with Gasteiger partial charge in [0.25, 0.3) is 0 Å². The molecule has 5 aliphatic rings. The molecule has 13 N–H and O–H groups in total. The van der Waals surface area contributed by atoms with Gasteiger partial charge in [-0.2, -0.15) is 0 Å². The third kappa shape index (κ3) is 8.02. The van der Waals surface area contributed by atoms with Crippen LogP contribution in [0.3, 0.4) is 0 Å². The zero-order valence-electron chi connectivity index (χ0n) is 41.5. The van der Waals surface area contributed by atoms with Gasteiger partial charge in [-0.1, -0.05) is 48.5 Å². The number of ether oxygens (including phenoxy) is 4. The van der Waals surface area contributed by atoms with Gasteiger partial charge in [0.1, 0.15) is 106 Å². The van der Waals surface area contributed by atoms with Crippen LogP contribution in [0.5, 0.6) is 69.0 Å². The molecular weight excluding hydrogens is 1020 g/mol. The molecule has 0 saturated carbocycles. The number of benzene rings is 8. The van der Waals surface area contributed by atoms with Gasteiger partial charge in [0.2, 0.25) is 6.29 Å². The van der Waals surface area contributed by atoms with Crippen LogP contribution in [-0.2, 0) is 4.74 Å². The van der Waals surface area contributed by atoms with Crippen LogP contribution in [0, 0.1) is 0 Å². The summed E-state index contributed by atoms with van der Waals surface area (Å²) < 4.78 is 25.7. The van der Waals surface area contributed by atoms with Gasteiger partial charge in [0.15, 0.2) is 0 Å². The van der Waals surface area contributed by atoms with E-state index in [9.17, 15) is 66.4 Å². The molecule has 1 saturated heterocycles. The Balaban J connectivity index is 1.09. The summed E-state index contributed by atoms with van der Waals surface area (Å²) in [6.07, 6.45) is -9.97. The fourth-order valence-electron chi connectivity index (χ4n) is 13.4. The molecule has 402 valence electrons. The Bertz CT molecular complexity index is 3680. The van der Waals surface area contributed by atoms with Gasteiger partial charge >= 0.3 is 0 Å². The predicted octanol–water partition coefficient (Wildman–Crippen LogP) is 7.91. The van der Waals surface area contributed by atoms with E-state index in [1.54, 1.807) is 97.1 Å². The highest BCUT2D eigenvalue weighted by atomic mass is 16.7. The summed E-state index contributed by atoms with van der Waals surface area (Å²) in [5.41, 5.74) is 6.43. The van der Waals surface area contributed by atoms with Gasteiger partial charge in [-0.25, -0.2) is 0 Å². The second kappa shape index (κ2) is 18.7. The van der Waals surface area contributed by atoms with E-state index in [2.05, 4.69) is 0 Å². The number of rotatable bonds is 9. The molecule has 0 spiro atoms. The van der Waals surface area contributed by atoms with Crippen molar-refractivity contribution in [2.24, 2.45) is 0 Å². The van der Waals surface area contributed by atoms with Gasteiger partial charge in [-0.3, -0.25) is 0 Å². The number of aliphatic hydroxyl groups excluding tert-OH is 4. The molecule has 1 fully saturated rings. The topological polar surface area (TPSA) is 300 Å². The fraction of sp³-hybridized carbons (Fsp3) is 0.226. The molecule has 0 radical (unpaired) electrons. The van der Waals surface area contributed by atoms with Crippen LogP contribution in [0.15, 0.2) is 146 Å². The van der Waals surface area contributed by atoms with Crippen LogP contribution in [0.25, 0.3) is 0 Å². The van der Waals surface area contributed by atoms with Crippen LogP contribution < -0.4 is 14.2 Å². The number of hydrogen-bond donors (Lipinski definition) is 13. The standard InChI is InChI=1S/C62H52O17/c63-25-45-57(73)58(74)59(75)62(79-45)76-38-18-30(17-35(68)19-38)48-50-40(21-37(70)23-43(50)77-60(48)28-5-13-33(66)14-6-28)51-47(27-3-11-32(65)12-4-27)55-46(26-1-9-31(64)10-2-26)49-39(20-36(69)22-41(49)71)52-54-44(24-42(72)53(51)56(54)55)78-61(52)29-7-15-34(67)16-8-29/h1-24,45-48,51-52,55,57-75H,25H2/t45-,46-,47-,48-,51-,52-,55+,57-,58+,59-,60+,61+,62-/m1/s1. The molecule has 3 aliphatic heterocycles. The quantitative estimate of drug-likeness (QED) is 0.0653. The molecule has 13 atom stereocenters. The number of fused-ring (bicyclic) bond motifs is 3. The first-order valence-corrected chi connectivity index (χ1v) is 25.7. The number of aliphatic hydroxyl groups is 4. The van der Waals surface area contributed by atoms with E-state index in [0.29, 0.717) is 72.5 Å². The highest BCUT2D eigenvalue weighted by Gasteiger charge is 2.58. The summed E-state index contributed by atoms with van der Waals surface area (Å²) in [6.45, 7) is -0.718. The average Bonchev–Trinajstić information content (AvgIpc) is 3.03. The minimum atomic E-state index is -1.79. The molecule has 79 heavy (non-hydrogen) atoms. The van der Waals surface area contributed by atoms with Crippen molar-refractivity contribution in [1.29, 1.82) is 0 Å². The lowest BCUT2D eigenvalue weighted by Crippen LogP contribution is -2.60. The lowest BCUT2D eigenvalue weighted by atomic mass is 9.68.